The second-order valence-electron chi connectivity index (χ2n) is 9.65. The maximum Gasteiger partial charge on any atom is 0.229 e. The summed E-state index contributed by atoms with van der Waals surface area (Å²) < 4.78 is 1.38. The molecule has 0 bridgehead atoms. The lowest BCUT2D eigenvalue weighted by Crippen LogP contribution is -2.39. The summed E-state index contributed by atoms with van der Waals surface area (Å²) in [6.07, 6.45) is 3.30. The number of aliphatic hydroxyl groups is 2. The summed E-state index contributed by atoms with van der Waals surface area (Å²) in [7, 11) is 0. The summed E-state index contributed by atoms with van der Waals surface area (Å²) in [5.74, 6) is 1.93. The van der Waals surface area contributed by atoms with Crippen molar-refractivity contribution in [2.45, 2.75) is 64.8 Å². The van der Waals surface area contributed by atoms with Crippen LogP contribution in [0.15, 0.2) is 45.6 Å². The fraction of sp³-hybridized carbons (Fsp3) is 0.417. The average molecular weight is 624 g/mol. The molecule has 0 aliphatic heterocycles. The summed E-state index contributed by atoms with van der Waals surface area (Å²) in [5, 5.41) is 33.3. The van der Waals surface area contributed by atoms with Crippen molar-refractivity contribution in [2.75, 3.05) is 21.3 Å². The van der Waals surface area contributed by atoms with Crippen molar-refractivity contribution in [1.82, 2.24) is 19.9 Å². The molecule has 6 N–H and O–H groups in total. The fourth-order valence-corrected chi connectivity index (χ4v) is 3.36. The molecule has 0 amide bonds. The van der Waals surface area contributed by atoms with E-state index in [0.29, 0.717) is 32.5 Å². The van der Waals surface area contributed by atoms with Crippen molar-refractivity contribution in [1.29, 1.82) is 0 Å². The molecule has 0 saturated heterocycles. The molecule has 0 saturated carbocycles. The van der Waals surface area contributed by atoms with Gasteiger partial charge in [-0.3, -0.25) is 0 Å². The third-order valence-corrected chi connectivity index (χ3v) is 6.85. The van der Waals surface area contributed by atoms with Gasteiger partial charge in [-0.1, -0.05) is 6.07 Å². The second kappa shape index (κ2) is 11.2. The molecular weight excluding hydrogens is 592 g/mol. The number of hydrogen-bond donors (Lipinski definition) is 6. The zero-order valence-corrected chi connectivity index (χ0v) is 24.2. The van der Waals surface area contributed by atoms with Crippen LogP contribution < -0.4 is 21.3 Å². The minimum Gasteiger partial charge on any atom is -0.388 e. The van der Waals surface area contributed by atoms with E-state index in [1.54, 1.807) is 40.1 Å². The number of nitrogens with one attached hydrogen (secondary N) is 4. The van der Waals surface area contributed by atoms with Crippen LogP contribution in [-0.2, 0) is 0 Å². The van der Waals surface area contributed by atoms with Crippen molar-refractivity contribution >= 4 is 66.8 Å². The second-order valence-corrected chi connectivity index (χ2v) is 11.4. The lowest BCUT2D eigenvalue weighted by Gasteiger charge is -2.27. The molecule has 0 aliphatic carbocycles. The molecule has 0 spiro atoms. The van der Waals surface area contributed by atoms with Crippen LogP contribution in [0.25, 0.3) is 0 Å². The lowest BCUT2D eigenvalue weighted by atomic mass is 10.0. The van der Waals surface area contributed by atoms with Crippen molar-refractivity contribution in [3.63, 3.8) is 0 Å². The Bertz CT molecular complexity index is 1110. The molecule has 12 heteroatoms. The van der Waals surface area contributed by atoms with Crippen LogP contribution >= 0.6 is 31.9 Å². The Hall–Kier alpha value is -2.54. The first kappa shape index (κ1) is 28.0. The van der Waals surface area contributed by atoms with Gasteiger partial charge >= 0.3 is 0 Å². The number of hydrogen-bond acceptors (Lipinski definition) is 10. The quantitative estimate of drug-likeness (QED) is 0.173. The Kier molecular flexibility index (Phi) is 8.75. The summed E-state index contributed by atoms with van der Waals surface area (Å²) in [6.45, 7) is 10.7. The zero-order chi connectivity index (χ0) is 26.7. The van der Waals surface area contributed by atoms with Crippen molar-refractivity contribution in [2.24, 2.45) is 0 Å². The maximum atomic E-state index is 10.2. The van der Waals surface area contributed by atoms with E-state index in [1.165, 1.54) is 0 Å². The number of nitrogens with zero attached hydrogens (tertiary/aromatic N) is 4. The predicted molar refractivity (Wildman–Crippen MR) is 151 cm³/mol. The van der Waals surface area contributed by atoms with Gasteiger partial charge in [0.15, 0.2) is 0 Å². The number of benzene rings is 1. The Balaban J connectivity index is 1.75. The van der Waals surface area contributed by atoms with Gasteiger partial charge in [-0.15, -0.1) is 0 Å². The first-order chi connectivity index (χ1) is 16.7. The molecule has 0 radical (unpaired) electrons. The summed E-state index contributed by atoms with van der Waals surface area (Å²) in [4.78, 5) is 17.7. The van der Waals surface area contributed by atoms with Gasteiger partial charge in [0.05, 0.1) is 32.2 Å². The van der Waals surface area contributed by atoms with Crippen LogP contribution in [0.4, 0.5) is 34.9 Å². The molecule has 1 aromatic carbocycles. The minimum absolute atomic E-state index is 0.235. The molecule has 2 atom stereocenters. The third-order valence-electron chi connectivity index (χ3n) is 5.69. The van der Waals surface area contributed by atoms with E-state index in [2.05, 4.69) is 73.1 Å². The Morgan fingerprint density at radius 1 is 0.750 bits per heavy atom. The van der Waals surface area contributed by atoms with E-state index in [4.69, 9.17) is 0 Å². The van der Waals surface area contributed by atoms with Crippen LogP contribution in [0.1, 0.15) is 41.5 Å². The van der Waals surface area contributed by atoms with Crippen molar-refractivity contribution in [3.05, 3.63) is 45.6 Å². The van der Waals surface area contributed by atoms with Gasteiger partial charge in [0.1, 0.15) is 11.6 Å². The zero-order valence-electron chi connectivity index (χ0n) is 21.1. The van der Waals surface area contributed by atoms with Gasteiger partial charge in [-0.05, 0) is 91.6 Å². The van der Waals surface area contributed by atoms with Gasteiger partial charge in [-0.2, -0.15) is 9.97 Å². The summed E-state index contributed by atoms with van der Waals surface area (Å²) in [5.41, 5.74) is -0.325. The van der Waals surface area contributed by atoms with Crippen molar-refractivity contribution < 1.29 is 10.2 Å². The van der Waals surface area contributed by atoms with Gasteiger partial charge in [0, 0.05) is 23.8 Å². The van der Waals surface area contributed by atoms with Crippen LogP contribution in [0.3, 0.4) is 0 Å². The molecule has 10 nitrogen and oxygen atoms in total. The lowest BCUT2D eigenvalue weighted by molar-refractivity contribution is 0.0643. The Labute approximate surface area is 228 Å². The number of aromatic nitrogens is 4. The van der Waals surface area contributed by atoms with E-state index in [-0.39, 0.29) is 12.1 Å². The molecule has 0 fully saturated rings. The first-order valence-electron chi connectivity index (χ1n) is 11.4. The van der Waals surface area contributed by atoms with Gasteiger partial charge < -0.3 is 31.5 Å². The van der Waals surface area contributed by atoms with Gasteiger partial charge in [-0.25, -0.2) is 9.97 Å². The number of rotatable bonds is 10. The summed E-state index contributed by atoms with van der Waals surface area (Å²) in [6, 6.07) is 7.08. The monoisotopic (exact) mass is 622 g/mol. The maximum absolute atomic E-state index is 10.2. The normalized spacial score (nSPS) is 13.6. The highest BCUT2D eigenvalue weighted by Gasteiger charge is 2.24. The van der Waals surface area contributed by atoms with Crippen molar-refractivity contribution in [3.8, 4) is 0 Å². The molecule has 3 rings (SSSR count). The van der Waals surface area contributed by atoms with E-state index >= 15 is 0 Å². The summed E-state index contributed by atoms with van der Waals surface area (Å²) >= 11 is 6.91. The highest BCUT2D eigenvalue weighted by atomic mass is 79.9. The van der Waals surface area contributed by atoms with E-state index in [0.717, 1.165) is 11.4 Å². The molecule has 3 aromatic rings. The van der Waals surface area contributed by atoms with Crippen LogP contribution in [-0.4, -0.2) is 53.4 Å². The highest BCUT2D eigenvalue weighted by Crippen LogP contribution is 2.27. The Morgan fingerprint density at radius 3 is 1.50 bits per heavy atom. The topological polar surface area (TPSA) is 140 Å². The number of halogens is 2. The highest BCUT2D eigenvalue weighted by molar-refractivity contribution is 9.11. The third kappa shape index (κ3) is 7.73. The SMILES string of the molecule is C[C@@H](Nc1nc(Nc2cccc(Nc3ncc(Br)c(N[C@H](C)C(C)(C)O)n3)c2)ncc1Br)C(C)(C)O. The first-order valence-corrected chi connectivity index (χ1v) is 13.0. The smallest absolute Gasteiger partial charge is 0.229 e. The van der Waals surface area contributed by atoms with Gasteiger partial charge in [0.2, 0.25) is 11.9 Å². The fourth-order valence-electron chi connectivity index (χ4n) is 2.75. The van der Waals surface area contributed by atoms with E-state index < -0.39 is 11.2 Å². The van der Waals surface area contributed by atoms with E-state index in [9.17, 15) is 10.2 Å². The van der Waals surface area contributed by atoms with Crippen LogP contribution in [0, 0.1) is 0 Å². The van der Waals surface area contributed by atoms with E-state index in [1.807, 2.05) is 38.1 Å². The minimum atomic E-state index is -0.922. The largest absolute Gasteiger partial charge is 0.388 e. The van der Waals surface area contributed by atoms with Gasteiger partial charge in [0.25, 0.3) is 0 Å². The van der Waals surface area contributed by atoms with Crippen LogP contribution in [0.5, 0.6) is 0 Å². The Morgan fingerprint density at radius 2 is 1.14 bits per heavy atom. The molecular formula is C24H32Br2N8O2. The standard InChI is InChI=1S/C24H32Br2N8O2/c1-13(23(3,4)35)29-19-17(25)11-27-21(33-19)31-15-8-7-9-16(10-15)32-22-28-12-18(26)20(34-22)30-14(2)24(5,6)36/h7-14,35-36H,1-6H3,(H2,27,29,31,33)(H2,28,30,32,34)/t13-,14-/m1/s1. The predicted octanol–water partition coefficient (Wildman–Crippen LogP) is 5.42. The molecule has 0 aliphatic rings. The molecule has 2 aromatic heterocycles. The average Bonchev–Trinajstić information content (AvgIpc) is 2.77. The molecule has 0 unspecified atom stereocenters. The molecule has 194 valence electrons. The van der Waals surface area contributed by atoms with Crippen LogP contribution in [0.2, 0.25) is 0 Å². The number of anilines is 6. The molecule has 2 heterocycles. The molecule has 36 heavy (non-hydrogen) atoms.